The smallest absolute Gasteiger partial charge is 0.161 e. The molecule has 2 aromatic rings. The molecule has 0 unspecified atom stereocenters. The summed E-state index contributed by atoms with van der Waals surface area (Å²) in [5, 5.41) is 14.7. The molecule has 1 heterocycles. The second-order valence-corrected chi connectivity index (χ2v) is 4.55. The number of methoxy groups -OCH3 is 1. The molecular formula is C16H16N3O4-. The Balaban J connectivity index is 2.14. The molecule has 0 saturated carbocycles. The summed E-state index contributed by atoms with van der Waals surface area (Å²) in [5.41, 5.74) is 4.36. The van der Waals surface area contributed by atoms with Gasteiger partial charge >= 0.3 is 0 Å². The number of hydrogen-bond acceptors (Lipinski definition) is 7. The number of anilines is 1. The summed E-state index contributed by atoms with van der Waals surface area (Å²) in [7, 11) is 1.48. The predicted octanol–water partition coefficient (Wildman–Crippen LogP) is 1.05. The van der Waals surface area contributed by atoms with Gasteiger partial charge in [0, 0.05) is 11.8 Å². The van der Waals surface area contributed by atoms with Crippen molar-refractivity contribution >= 4 is 17.5 Å². The maximum atomic E-state index is 10.5. The fraction of sp³-hybridized carbons (Fsp3) is 0.188. The van der Waals surface area contributed by atoms with Gasteiger partial charge in [-0.15, -0.1) is 0 Å². The first-order valence-corrected chi connectivity index (χ1v) is 6.82. The Hall–Kier alpha value is -3.09. The van der Waals surface area contributed by atoms with Gasteiger partial charge in [0.25, 0.3) is 0 Å². The van der Waals surface area contributed by atoms with Crippen LogP contribution in [0.5, 0.6) is 11.5 Å². The summed E-state index contributed by atoms with van der Waals surface area (Å²) in [4.78, 5) is 14.6. The number of carboxylic acids is 1. The number of aromatic nitrogens is 1. The van der Waals surface area contributed by atoms with Crippen molar-refractivity contribution in [1.29, 1.82) is 0 Å². The quantitative estimate of drug-likeness (QED) is 0.606. The molecule has 0 atom stereocenters. The topological polar surface area (TPSA) is 95.9 Å². The fourth-order valence-electron chi connectivity index (χ4n) is 1.78. The monoisotopic (exact) mass is 314 g/mol. The number of nitrogens with one attached hydrogen (secondary N) is 1. The minimum Gasteiger partial charge on any atom is -0.546 e. The lowest BCUT2D eigenvalue weighted by atomic mass is 10.1. The van der Waals surface area contributed by atoms with Gasteiger partial charge in [-0.2, -0.15) is 5.10 Å². The first kappa shape index (κ1) is 16.3. The van der Waals surface area contributed by atoms with E-state index in [1.807, 2.05) is 19.1 Å². The van der Waals surface area contributed by atoms with Crippen LogP contribution in [-0.4, -0.2) is 30.4 Å². The molecule has 7 nitrogen and oxygen atoms in total. The van der Waals surface area contributed by atoms with E-state index in [-0.39, 0.29) is 0 Å². The zero-order valence-corrected chi connectivity index (χ0v) is 12.8. The molecule has 0 radical (unpaired) electrons. The first-order valence-electron chi connectivity index (χ1n) is 6.82. The van der Waals surface area contributed by atoms with E-state index in [1.165, 1.54) is 7.11 Å². The van der Waals surface area contributed by atoms with Crippen LogP contribution in [0.2, 0.25) is 0 Å². The average Bonchev–Trinajstić information content (AvgIpc) is 2.58. The van der Waals surface area contributed by atoms with Gasteiger partial charge in [-0.25, -0.2) is 4.98 Å². The maximum absolute atomic E-state index is 10.5. The molecule has 120 valence electrons. The van der Waals surface area contributed by atoms with Crippen LogP contribution in [0, 0.1) is 0 Å². The summed E-state index contributed by atoms with van der Waals surface area (Å²) in [6.07, 6.45) is 1.67. The van der Waals surface area contributed by atoms with E-state index in [9.17, 15) is 9.90 Å². The second-order valence-electron chi connectivity index (χ2n) is 4.55. The number of hydrazone groups is 1. The summed E-state index contributed by atoms with van der Waals surface area (Å²) in [5.74, 6) is 0.0724. The second kappa shape index (κ2) is 7.79. The van der Waals surface area contributed by atoms with Crippen molar-refractivity contribution in [3.63, 3.8) is 0 Å². The van der Waals surface area contributed by atoms with E-state index in [0.717, 1.165) is 5.56 Å². The summed E-state index contributed by atoms with van der Waals surface area (Å²) < 4.78 is 10.3. The lowest BCUT2D eigenvalue weighted by molar-refractivity contribution is -0.307. The molecular weight excluding hydrogens is 298 g/mol. The highest BCUT2D eigenvalue weighted by atomic mass is 16.5. The minimum atomic E-state index is -1.30. The molecule has 0 amide bonds. The van der Waals surface area contributed by atoms with Gasteiger partial charge in [-0.1, -0.05) is 6.07 Å². The molecule has 2 rings (SSSR count). The predicted molar refractivity (Wildman–Crippen MR) is 83.6 cm³/mol. The number of aliphatic carboxylic acids is 1. The van der Waals surface area contributed by atoms with Gasteiger partial charge in [0.15, 0.2) is 11.5 Å². The van der Waals surface area contributed by atoms with Gasteiger partial charge in [0.05, 0.1) is 18.8 Å². The van der Waals surface area contributed by atoms with Crippen LogP contribution in [0.15, 0.2) is 47.7 Å². The van der Waals surface area contributed by atoms with E-state index in [2.05, 4.69) is 15.5 Å². The van der Waals surface area contributed by atoms with Crippen LogP contribution in [-0.2, 0) is 4.79 Å². The molecule has 0 aliphatic rings. The Morgan fingerprint density at radius 3 is 2.78 bits per heavy atom. The Labute approximate surface area is 133 Å². The van der Waals surface area contributed by atoms with Gasteiger partial charge in [0.1, 0.15) is 12.4 Å². The SMILES string of the molecule is COc1cc(/C(C)=N\Nc2ccccn2)ccc1OCC(=O)[O-]. The molecule has 0 aliphatic carbocycles. The number of nitrogens with zero attached hydrogens (tertiary/aromatic N) is 2. The van der Waals surface area contributed by atoms with Crippen LogP contribution in [0.4, 0.5) is 5.82 Å². The molecule has 0 fully saturated rings. The number of ether oxygens (including phenoxy) is 2. The molecule has 1 N–H and O–H groups in total. The normalized spacial score (nSPS) is 11.0. The van der Waals surface area contributed by atoms with Crippen molar-refractivity contribution in [3.8, 4) is 11.5 Å². The molecule has 0 saturated heterocycles. The molecule has 0 spiro atoms. The third-order valence-electron chi connectivity index (χ3n) is 2.93. The van der Waals surface area contributed by atoms with Crippen molar-refractivity contribution in [1.82, 2.24) is 4.98 Å². The third-order valence-corrected chi connectivity index (χ3v) is 2.93. The van der Waals surface area contributed by atoms with Crippen LogP contribution >= 0.6 is 0 Å². The summed E-state index contributed by atoms with van der Waals surface area (Å²) in [6, 6.07) is 10.6. The summed E-state index contributed by atoms with van der Waals surface area (Å²) in [6.45, 7) is 1.29. The number of carboxylic acid groups (broad SMARTS) is 1. The van der Waals surface area contributed by atoms with Gasteiger partial charge < -0.3 is 19.4 Å². The number of carbonyl (C=O) groups excluding carboxylic acids is 1. The van der Waals surface area contributed by atoms with Crippen molar-refractivity contribution in [2.45, 2.75) is 6.92 Å². The highest BCUT2D eigenvalue weighted by molar-refractivity contribution is 5.99. The van der Waals surface area contributed by atoms with Crippen molar-refractivity contribution in [3.05, 3.63) is 48.2 Å². The number of hydrogen-bond donors (Lipinski definition) is 1. The van der Waals surface area contributed by atoms with Crippen LogP contribution in [0.3, 0.4) is 0 Å². The number of rotatable bonds is 7. The zero-order valence-electron chi connectivity index (χ0n) is 12.8. The fourth-order valence-corrected chi connectivity index (χ4v) is 1.78. The van der Waals surface area contributed by atoms with Gasteiger partial charge in [0.2, 0.25) is 0 Å². The molecule has 7 heteroatoms. The standard InChI is InChI=1S/C16H17N3O4/c1-11(18-19-15-5-3-4-8-17-15)12-6-7-13(14(9-12)22-2)23-10-16(20)21/h3-9H,10H2,1-2H3,(H,17,19)(H,20,21)/p-1/b18-11-. The highest BCUT2D eigenvalue weighted by Crippen LogP contribution is 2.28. The first-order chi connectivity index (χ1) is 11.1. The van der Waals surface area contributed by atoms with Crippen LogP contribution < -0.4 is 20.0 Å². The van der Waals surface area contributed by atoms with Crippen molar-refractivity contribution in [2.24, 2.45) is 5.10 Å². The molecule has 1 aromatic carbocycles. The van der Waals surface area contributed by atoms with Crippen molar-refractivity contribution in [2.75, 3.05) is 19.1 Å². The van der Waals surface area contributed by atoms with Gasteiger partial charge in [-0.05, 0) is 37.3 Å². The Bertz CT molecular complexity index is 702. The molecule has 0 bridgehead atoms. The lowest BCUT2D eigenvalue weighted by Crippen LogP contribution is -2.29. The van der Waals surface area contributed by atoms with E-state index in [4.69, 9.17) is 9.47 Å². The van der Waals surface area contributed by atoms with Crippen LogP contribution in [0.1, 0.15) is 12.5 Å². The highest BCUT2D eigenvalue weighted by Gasteiger charge is 2.08. The number of carbonyl (C=O) groups is 1. The Morgan fingerprint density at radius 2 is 2.13 bits per heavy atom. The van der Waals surface area contributed by atoms with Gasteiger partial charge in [-0.3, -0.25) is 5.43 Å². The minimum absolute atomic E-state index is 0.325. The largest absolute Gasteiger partial charge is 0.546 e. The average molecular weight is 314 g/mol. The van der Waals surface area contributed by atoms with E-state index >= 15 is 0 Å². The van der Waals surface area contributed by atoms with E-state index in [1.54, 1.807) is 30.5 Å². The molecule has 0 aliphatic heterocycles. The third kappa shape index (κ3) is 4.70. The molecule has 23 heavy (non-hydrogen) atoms. The molecule has 1 aromatic heterocycles. The van der Waals surface area contributed by atoms with E-state index in [0.29, 0.717) is 23.0 Å². The Morgan fingerprint density at radius 1 is 1.30 bits per heavy atom. The zero-order chi connectivity index (χ0) is 16.7. The van der Waals surface area contributed by atoms with Crippen LogP contribution in [0.25, 0.3) is 0 Å². The lowest BCUT2D eigenvalue weighted by Gasteiger charge is -2.12. The maximum Gasteiger partial charge on any atom is 0.161 e. The summed E-state index contributed by atoms with van der Waals surface area (Å²) >= 11 is 0. The number of pyridine rings is 1. The Kier molecular flexibility index (Phi) is 5.51. The van der Waals surface area contributed by atoms with Crippen molar-refractivity contribution < 1.29 is 19.4 Å². The number of benzene rings is 1. The van der Waals surface area contributed by atoms with E-state index < -0.39 is 12.6 Å².